The first-order valence-electron chi connectivity index (χ1n) is 9.07. The van der Waals surface area contributed by atoms with Gasteiger partial charge in [-0.15, -0.1) is 0 Å². The zero-order valence-corrected chi connectivity index (χ0v) is 16.4. The highest BCUT2D eigenvalue weighted by atomic mass is 16.5. The zero-order valence-electron chi connectivity index (χ0n) is 16.4. The zero-order chi connectivity index (χ0) is 21.5. The van der Waals surface area contributed by atoms with Gasteiger partial charge >= 0.3 is 5.97 Å². The van der Waals surface area contributed by atoms with Gasteiger partial charge in [0.25, 0.3) is 11.8 Å². The number of methoxy groups -OCH3 is 1. The van der Waals surface area contributed by atoms with Gasteiger partial charge in [-0.05, 0) is 43.3 Å². The third-order valence-electron chi connectivity index (χ3n) is 4.13. The van der Waals surface area contributed by atoms with Crippen LogP contribution in [0.25, 0.3) is 0 Å². The van der Waals surface area contributed by atoms with E-state index in [4.69, 9.17) is 13.9 Å². The molecule has 1 aromatic heterocycles. The lowest BCUT2D eigenvalue weighted by atomic mass is 10.1. The van der Waals surface area contributed by atoms with E-state index < -0.39 is 23.9 Å². The maximum absolute atomic E-state index is 12.6. The number of rotatable bonds is 7. The summed E-state index contributed by atoms with van der Waals surface area (Å²) in [5.41, 5.74) is 0.858. The molecule has 2 aromatic carbocycles. The SMILES string of the molecule is COc1cccc(NC(=O)[C@@H](C)OC(=O)c2ccccc2NC(=O)c2ccco2)c1. The van der Waals surface area contributed by atoms with Crippen molar-refractivity contribution in [3.8, 4) is 5.75 Å². The van der Waals surface area contributed by atoms with Gasteiger partial charge in [-0.3, -0.25) is 9.59 Å². The molecule has 1 heterocycles. The first-order chi connectivity index (χ1) is 14.5. The maximum Gasteiger partial charge on any atom is 0.341 e. The fraction of sp³-hybridized carbons (Fsp3) is 0.136. The van der Waals surface area contributed by atoms with Crippen molar-refractivity contribution in [2.45, 2.75) is 13.0 Å². The summed E-state index contributed by atoms with van der Waals surface area (Å²) in [7, 11) is 1.52. The predicted octanol–water partition coefficient (Wildman–Crippen LogP) is 3.72. The molecule has 0 saturated heterocycles. The molecule has 8 nitrogen and oxygen atoms in total. The largest absolute Gasteiger partial charge is 0.497 e. The monoisotopic (exact) mass is 408 g/mol. The molecule has 0 unspecified atom stereocenters. The molecule has 0 bridgehead atoms. The van der Waals surface area contributed by atoms with Gasteiger partial charge < -0.3 is 24.5 Å². The van der Waals surface area contributed by atoms with Crippen molar-refractivity contribution in [3.05, 3.63) is 78.3 Å². The highest BCUT2D eigenvalue weighted by Gasteiger charge is 2.22. The molecule has 8 heteroatoms. The number of benzene rings is 2. The van der Waals surface area contributed by atoms with Crippen LogP contribution in [0.5, 0.6) is 5.75 Å². The van der Waals surface area contributed by atoms with Gasteiger partial charge in [0.1, 0.15) is 5.75 Å². The third-order valence-corrected chi connectivity index (χ3v) is 4.13. The van der Waals surface area contributed by atoms with E-state index >= 15 is 0 Å². The summed E-state index contributed by atoms with van der Waals surface area (Å²) < 4.78 is 15.4. The van der Waals surface area contributed by atoms with E-state index in [1.54, 1.807) is 48.5 Å². The van der Waals surface area contributed by atoms with Gasteiger partial charge in [0, 0.05) is 11.8 Å². The van der Waals surface area contributed by atoms with E-state index in [9.17, 15) is 14.4 Å². The minimum Gasteiger partial charge on any atom is -0.497 e. The maximum atomic E-state index is 12.6. The van der Waals surface area contributed by atoms with Gasteiger partial charge in [-0.25, -0.2) is 4.79 Å². The van der Waals surface area contributed by atoms with Crippen molar-refractivity contribution in [3.63, 3.8) is 0 Å². The molecule has 0 aliphatic carbocycles. The van der Waals surface area contributed by atoms with Crippen LogP contribution in [0.3, 0.4) is 0 Å². The lowest BCUT2D eigenvalue weighted by Gasteiger charge is -2.15. The normalized spacial score (nSPS) is 11.3. The minimum absolute atomic E-state index is 0.101. The molecule has 0 radical (unpaired) electrons. The number of anilines is 2. The number of carbonyl (C=O) groups is 3. The van der Waals surface area contributed by atoms with Crippen LogP contribution < -0.4 is 15.4 Å². The topological polar surface area (TPSA) is 107 Å². The highest BCUT2D eigenvalue weighted by Crippen LogP contribution is 2.20. The van der Waals surface area contributed by atoms with Crippen molar-refractivity contribution >= 4 is 29.2 Å². The first kappa shape index (κ1) is 20.7. The van der Waals surface area contributed by atoms with Crippen LogP contribution in [0.1, 0.15) is 27.8 Å². The number of esters is 1. The summed E-state index contributed by atoms with van der Waals surface area (Å²) in [5.74, 6) is -1.08. The van der Waals surface area contributed by atoms with E-state index in [1.807, 2.05) is 0 Å². The molecular weight excluding hydrogens is 388 g/mol. The van der Waals surface area contributed by atoms with Crippen molar-refractivity contribution in [1.29, 1.82) is 0 Å². The number of hydrogen-bond donors (Lipinski definition) is 2. The number of furan rings is 1. The van der Waals surface area contributed by atoms with E-state index in [2.05, 4.69) is 10.6 Å². The minimum atomic E-state index is -1.07. The molecule has 0 saturated carbocycles. The number of hydrogen-bond acceptors (Lipinski definition) is 6. The predicted molar refractivity (Wildman–Crippen MR) is 110 cm³/mol. The van der Waals surface area contributed by atoms with Crippen molar-refractivity contribution < 1.29 is 28.3 Å². The molecule has 154 valence electrons. The van der Waals surface area contributed by atoms with Crippen LogP contribution in [-0.4, -0.2) is 31.0 Å². The van der Waals surface area contributed by atoms with Gasteiger partial charge in [0.2, 0.25) is 0 Å². The van der Waals surface area contributed by atoms with E-state index in [1.165, 1.54) is 32.4 Å². The standard InChI is InChI=1S/C22H20N2O6/c1-14(20(25)23-15-7-5-8-16(13-15)28-2)30-22(27)17-9-3-4-10-18(17)24-21(26)19-11-6-12-29-19/h3-14H,1-2H3,(H,23,25)(H,24,26)/t14-/m1/s1. The van der Waals surface area contributed by atoms with Crippen molar-refractivity contribution in [2.75, 3.05) is 17.7 Å². The molecule has 0 aliphatic heterocycles. The van der Waals surface area contributed by atoms with E-state index in [-0.39, 0.29) is 17.0 Å². The number of amides is 2. The lowest BCUT2D eigenvalue weighted by Crippen LogP contribution is -2.30. The summed E-state index contributed by atoms with van der Waals surface area (Å²) in [5, 5.41) is 5.26. The Labute approximate surface area is 172 Å². The summed E-state index contributed by atoms with van der Waals surface area (Å²) in [6.07, 6.45) is 0.301. The van der Waals surface area contributed by atoms with Crippen LogP contribution in [0.4, 0.5) is 11.4 Å². The Kier molecular flexibility index (Phi) is 6.49. The second-order valence-electron chi connectivity index (χ2n) is 6.25. The van der Waals surface area contributed by atoms with Crippen molar-refractivity contribution in [1.82, 2.24) is 0 Å². The number of ether oxygens (including phenoxy) is 2. The fourth-order valence-corrected chi connectivity index (χ4v) is 2.58. The van der Waals surface area contributed by atoms with E-state index in [0.29, 0.717) is 11.4 Å². The average Bonchev–Trinajstić information content (AvgIpc) is 3.29. The number of nitrogens with one attached hydrogen (secondary N) is 2. The molecule has 2 amide bonds. The first-order valence-corrected chi connectivity index (χ1v) is 9.07. The van der Waals surface area contributed by atoms with Crippen LogP contribution >= 0.6 is 0 Å². The lowest BCUT2D eigenvalue weighted by molar-refractivity contribution is -0.123. The Hall–Kier alpha value is -4.07. The molecule has 0 spiro atoms. The van der Waals surface area contributed by atoms with Crippen LogP contribution in [0, 0.1) is 0 Å². The Bertz CT molecular complexity index is 1050. The van der Waals surface area contributed by atoms with Gasteiger partial charge in [-0.1, -0.05) is 18.2 Å². The highest BCUT2D eigenvalue weighted by molar-refractivity contribution is 6.07. The molecular formula is C22H20N2O6. The fourth-order valence-electron chi connectivity index (χ4n) is 2.58. The average molecular weight is 408 g/mol. The van der Waals surface area contributed by atoms with Crippen LogP contribution in [0.15, 0.2) is 71.3 Å². The van der Waals surface area contributed by atoms with Gasteiger partial charge in [0.15, 0.2) is 11.9 Å². The molecule has 0 fully saturated rings. The van der Waals surface area contributed by atoms with Crippen LogP contribution in [0.2, 0.25) is 0 Å². The van der Waals surface area contributed by atoms with E-state index in [0.717, 1.165) is 0 Å². The Morgan fingerprint density at radius 3 is 2.50 bits per heavy atom. The molecule has 30 heavy (non-hydrogen) atoms. The summed E-state index contributed by atoms with van der Waals surface area (Å²) in [6, 6.07) is 16.2. The number of carbonyl (C=O) groups excluding carboxylic acids is 3. The Morgan fingerprint density at radius 2 is 1.77 bits per heavy atom. The second kappa shape index (κ2) is 9.42. The van der Waals surface area contributed by atoms with Crippen LogP contribution in [-0.2, 0) is 9.53 Å². The smallest absolute Gasteiger partial charge is 0.341 e. The second-order valence-corrected chi connectivity index (χ2v) is 6.25. The quantitative estimate of drug-likeness (QED) is 0.577. The Balaban J connectivity index is 1.66. The molecule has 3 aromatic rings. The van der Waals surface area contributed by atoms with Gasteiger partial charge in [-0.2, -0.15) is 0 Å². The summed E-state index contributed by atoms with van der Waals surface area (Å²) in [4.78, 5) is 37.2. The summed E-state index contributed by atoms with van der Waals surface area (Å²) >= 11 is 0. The van der Waals surface area contributed by atoms with Crippen molar-refractivity contribution in [2.24, 2.45) is 0 Å². The molecule has 1 atom stereocenters. The number of para-hydroxylation sites is 1. The third kappa shape index (κ3) is 5.05. The molecule has 2 N–H and O–H groups in total. The van der Waals surface area contributed by atoms with Gasteiger partial charge in [0.05, 0.1) is 24.6 Å². The Morgan fingerprint density at radius 1 is 0.967 bits per heavy atom. The summed E-state index contributed by atoms with van der Waals surface area (Å²) in [6.45, 7) is 1.46. The molecule has 3 rings (SSSR count). The molecule has 0 aliphatic rings.